The Morgan fingerprint density at radius 1 is 1.03 bits per heavy atom. The lowest BCUT2D eigenvalue weighted by Crippen LogP contribution is -2.03. The molecule has 4 aromatic rings. The minimum Gasteiger partial charge on any atom is -0.463 e. The van der Waals surface area contributed by atoms with E-state index in [2.05, 4.69) is 9.97 Å². The standard InChI is InChI=1S/C26H20Cl2N2O3/c1-2-33-24(32)13-10-16-6-8-17(9-7-16)14-23(31)18-11-12-21-22(15-18)30-26(29-21)25-19(27)4-3-5-20(25)28/h3-13,15H,2,14H2,1H3,(H,29,30)/b13-10+. The molecule has 1 heterocycles. The molecule has 1 aromatic heterocycles. The Bertz CT molecular complexity index is 1340. The summed E-state index contributed by atoms with van der Waals surface area (Å²) in [4.78, 5) is 32.1. The zero-order valence-corrected chi connectivity index (χ0v) is 19.3. The van der Waals surface area contributed by atoms with E-state index in [0.717, 1.165) is 22.2 Å². The van der Waals surface area contributed by atoms with Gasteiger partial charge in [0.25, 0.3) is 0 Å². The van der Waals surface area contributed by atoms with Gasteiger partial charge in [0, 0.05) is 18.1 Å². The van der Waals surface area contributed by atoms with Crippen molar-refractivity contribution in [1.29, 1.82) is 0 Å². The number of hydrogen-bond acceptors (Lipinski definition) is 4. The molecule has 0 spiro atoms. The number of nitrogens with zero attached hydrogens (tertiary/aromatic N) is 1. The molecule has 0 saturated carbocycles. The van der Waals surface area contributed by atoms with Gasteiger partial charge in [-0.3, -0.25) is 4.79 Å². The molecule has 5 nitrogen and oxygen atoms in total. The second-order valence-corrected chi connectivity index (χ2v) is 8.16. The highest BCUT2D eigenvalue weighted by atomic mass is 35.5. The van der Waals surface area contributed by atoms with Crippen molar-refractivity contribution in [3.05, 3.63) is 93.5 Å². The third kappa shape index (κ3) is 5.33. The summed E-state index contributed by atoms with van der Waals surface area (Å²) >= 11 is 12.6. The normalized spacial score (nSPS) is 11.2. The van der Waals surface area contributed by atoms with Crippen molar-refractivity contribution in [3.8, 4) is 11.4 Å². The van der Waals surface area contributed by atoms with Gasteiger partial charge in [0.1, 0.15) is 5.82 Å². The second-order valence-electron chi connectivity index (χ2n) is 7.34. The van der Waals surface area contributed by atoms with Crippen LogP contribution in [0.25, 0.3) is 28.5 Å². The largest absolute Gasteiger partial charge is 0.463 e. The van der Waals surface area contributed by atoms with Crippen molar-refractivity contribution in [2.75, 3.05) is 6.61 Å². The van der Waals surface area contributed by atoms with E-state index in [1.165, 1.54) is 6.08 Å². The van der Waals surface area contributed by atoms with Crippen LogP contribution in [0.4, 0.5) is 0 Å². The Morgan fingerprint density at radius 2 is 1.76 bits per heavy atom. The van der Waals surface area contributed by atoms with E-state index in [0.29, 0.717) is 33.6 Å². The summed E-state index contributed by atoms with van der Waals surface area (Å²) in [5.41, 5.74) is 4.38. The van der Waals surface area contributed by atoms with E-state index in [4.69, 9.17) is 27.9 Å². The molecule has 4 rings (SSSR count). The average Bonchev–Trinajstić information content (AvgIpc) is 3.21. The average molecular weight is 479 g/mol. The molecule has 0 aliphatic carbocycles. The minimum absolute atomic E-state index is 0.0151. The Morgan fingerprint density at radius 3 is 2.45 bits per heavy atom. The number of aromatic amines is 1. The molecule has 0 amide bonds. The maximum atomic E-state index is 12.9. The highest BCUT2D eigenvalue weighted by Crippen LogP contribution is 2.34. The SMILES string of the molecule is CCOC(=O)/C=C/c1ccc(CC(=O)c2ccc3nc(-c4c(Cl)cccc4Cl)[nH]c3c2)cc1. The summed E-state index contributed by atoms with van der Waals surface area (Å²) < 4.78 is 4.87. The van der Waals surface area contributed by atoms with Gasteiger partial charge >= 0.3 is 5.97 Å². The second kappa shape index (κ2) is 10.0. The Labute approximate surface area is 201 Å². The third-order valence-corrected chi connectivity index (χ3v) is 5.68. The van der Waals surface area contributed by atoms with E-state index in [9.17, 15) is 9.59 Å². The van der Waals surface area contributed by atoms with E-state index in [1.807, 2.05) is 24.3 Å². The van der Waals surface area contributed by atoms with Gasteiger partial charge in [0.15, 0.2) is 5.78 Å². The lowest BCUT2D eigenvalue weighted by Gasteiger charge is -2.03. The Hall–Kier alpha value is -3.41. The summed E-state index contributed by atoms with van der Waals surface area (Å²) in [6.45, 7) is 2.10. The van der Waals surface area contributed by atoms with Crippen LogP contribution >= 0.6 is 23.2 Å². The Kier molecular flexibility index (Phi) is 6.92. The van der Waals surface area contributed by atoms with Crippen LogP contribution in [0.1, 0.15) is 28.4 Å². The molecule has 7 heteroatoms. The number of aromatic nitrogens is 2. The van der Waals surface area contributed by atoms with Crippen LogP contribution in [0, 0.1) is 0 Å². The summed E-state index contributed by atoms with van der Waals surface area (Å²) in [6.07, 6.45) is 3.32. The first kappa shape index (κ1) is 22.8. The van der Waals surface area contributed by atoms with E-state index in [1.54, 1.807) is 49.4 Å². The number of ketones is 1. The molecule has 0 bridgehead atoms. The number of Topliss-reactive ketones (excluding diaryl/α,β-unsaturated/α-hetero) is 1. The number of ether oxygens (including phenoxy) is 1. The van der Waals surface area contributed by atoms with Crippen molar-refractivity contribution in [2.45, 2.75) is 13.3 Å². The first-order valence-electron chi connectivity index (χ1n) is 10.4. The molecule has 33 heavy (non-hydrogen) atoms. The summed E-state index contributed by atoms with van der Waals surface area (Å²) in [5.74, 6) is 0.154. The molecule has 3 aromatic carbocycles. The quantitative estimate of drug-likeness (QED) is 0.186. The van der Waals surface area contributed by atoms with Gasteiger partial charge < -0.3 is 9.72 Å². The molecule has 0 unspecified atom stereocenters. The van der Waals surface area contributed by atoms with Crippen molar-refractivity contribution >= 4 is 52.1 Å². The number of benzene rings is 3. The monoisotopic (exact) mass is 478 g/mol. The highest BCUT2D eigenvalue weighted by Gasteiger charge is 2.14. The van der Waals surface area contributed by atoms with Gasteiger partial charge in [0.05, 0.1) is 33.2 Å². The molecule has 0 aliphatic rings. The molecular weight excluding hydrogens is 459 g/mol. The van der Waals surface area contributed by atoms with E-state index >= 15 is 0 Å². The maximum absolute atomic E-state index is 12.9. The minimum atomic E-state index is -0.383. The number of halogens is 2. The summed E-state index contributed by atoms with van der Waals surface area (Å²) in [6, 6.07) is 18.1. The van der Waals surface area contributed by atoms with Gasteiger partial charge in [-0.15, -0.1) is 0 Å². The smallest absolute Gasteiger partial charge is 0.330 e. The number of carbonyl (C=O) groups excluding carboxylic acids is 2. The van der Waals surface area contributed by atoms with Crippen molar-refractivity contribution in [1.82, 2.24) is 9.97 Å². The number of H-pyrrole nitrogens is 1. The lowest BCUT2D eigenvalue weighted by atomic mass is 10.0. The van der Waals surface area contributed by atoms with Gasteiger partial charge in [-0.2, -0.15) is 0 Å². The fourth-order valence-corrected chi connectivity index (χ4v) is 3.99. The topological polar surface area (TPSA) is 72.1 Å². The van der Waals surface area contributed by atoms with Crippen LogP contribution in [0.15, 0.2) is 66.7 Å². The fourth-order valence-electron chi connectivity index (χ4n) is 3.41. The van der Waals surface area contributed by atoms with Gasteiger partial charge in [-0.05, 0) is 54.5 Å². The maximum Gasteiger partial charge on any atom is 0.330 e. The molecule has 0 radical (unpaired) electrons. The fraction of sp³-hybridized carbons (Fsp3) is 0.115. The first-order valence-corrected chi connectivity index (χ1v) is 11.1. The number of nitrogens with one attached hydrogen (secondary N) is 1. The van der Waals surface area contributed by atoms with Crippen LogP contribution in [0.2, 0.25) is 10.0 Å². The van der Waals surface area contributed by atoms with Crippen molar-refractivity contribution < 1.29 is 14.3 Å². The highest BCUT2D eigenvalue weighted by molar-refractivity contribution is 6.39. The predicted molar refractivity (Wildman–Crippen MR) is 132 cm³/mol. The molecule has 0 fully saturated rings. The lowest BCUT2D eigenvalue weighted by molar-refractivity contribution is -0.137. The van der Waals surface area contributed by atoms with E-state index in [-0.39, 0.29) is 18.2 Å². The molecule has 0 atom stereocenters. The zero-order chi connectivity index (χ0) is 23.4. The number of carbonyl (C=O) groups is 2. The van der Waals surface area contributed by atoms with Crippen LogP contribution in [-0.4, -0.2) is 28.3 Å². The first-order chi connectivity index (χ1) is 15.9. The van der Waals surface area contributed by atoms with E-state index < -0.39 is 0 Å². The predicted octanol–water partition coefficient (Wildman–Crippen LogP) is 6.54. The molecule has 0 aliphatic heterocycles. The van der Waals surface area contributed by atoms with Crippen LogP contribution in [0.3, 0.4) is 0 Å². The number of imidazole rings is 1. The molecular formula is C26H20Cl2N2O3. The van der Waals surface area contributed by atoms with Crippen LogP contribution in [0.5, 0.6) is 0 Å². The molecule has 1 N–H and O–H groups in total. The van der Waals surface area contributed by atoms with Crippen LogP contribution in [-0.2, 0) is 16.0 Å². The summed E-state index contributed by atoms with van der Waals surface area (Å²) in [7, 11) is 0. The van der Waals surface area contributed by atoms with Crippen LogP contribution < -0.4 is 0 Å². The number of fused-ring (bicyclic) bond motifs is 1. The number of hydrogen-bond donors (Lipinski definition) is 1. The van der Waals surface area contributed by atoms with Crippen molar-refractivity contribution in [2.24, 2.45) is 0 Å². The summed E-state index contributed by atoms with van der Waals surface area (Å²) in [5, 5.41) is 0.997. The number of rotatable bonds is 7. The van der Waals surface area contributed by atoms with Gasteiger partial charge in [0.2, 0.25) is 0 Å². The zero-order valence-electron chi connectivity index (χ0n) is 17.8. The van der Waals surface area contributed by atoms with Gasteiger partial charge in [-0.25, -0.2) is 9.78 Å². The molecule has 0 saturated heterocycles. The Balaban J connectivity index is 1.50. The third-order valence-electron chi connectivity index (χ3n) is 5.05. The molecule has 166 valence electrons. The number of esters is 1. The van der Waals surface area contributed by atoms with Gasteiger partial charge in [-0.1, -0.05) is 53.5 Å². The van der Waals surface area contributed by atoms with Crippen molar-refractivity contribution in [3.63, 3.8) is 0 Å².